The molecule has 4 heteroatoms. The van der Waals surface area contributed by atoms with Gasteiger partial charge in [-0.1, -0.05) is 6.07 Å². The van der Waals surface area contributed by atoms with Crippen molar-refractivity contribution in [2.24, 2.45) is 5.73 Å². The number of nitrogens with two attached hydrogens (primary N) is 1. The highest BCUT2D eigenvalue weighted by Crippen LogP contribution is 2.30. The van der Waals surface area contributed by atoms with Gasteiger partial charge in [0.05, 0.1) is 7.11 Å². The molecule has 19 heavy (non-hydrogen) atoms. The smallest absolute Gasteiger partial charge is 0.244 e. The highest BCUT2D eigenvalue weighted by atomic mass is 16.5. The van der Waals surface area contributed by atoms with Crippen molar-refractivity contribution in [2.45, 2.75) is 32.7 Å². The van der Waals surface area contributed by atoms with Crippen molar-refractivity contribution >= 4 is 5.91 Å². The van der Waals surface area contributed by atoms with Gasteiger partial charge in [0.1, 0.15) is 11.8 Å². The first-order valence-electron chi connectivity index (χ1n) is 6.74. The van der Waals surface area contributed by atoms with Crippen molar-refractivity contribution in [2.75, 3.05) is 20.2 Å². The zero-order valence-corrected chi connectivity index (χ0v) is 11.9. The number of hydrogen-bond acceptors (Lipinski definition) is 3. The number of amides is 1. The number of carbonyl (C=O) groups is 1. The molecular weight excluding hydrogens is 240 g/mol. The molecule has 1 aromatic rings. The fourth-order valence-electron chi connectivity index (χ4n) is 2.76. The Labute approximate surface area is 114 Å². The molecule has 0 spiro atoms. The molecule has 1 amide bonds. The standard InChI is InChI=1S/C15H22N2O2/c1-10-8-11(2)13(12(9-10)19-3)14(16)15(18)17-6-4-5-7-17/h8-9,14H,4-7,16H2,1-3H3. The van der Waals surface area contributed by atoms with Gasteiger partial charge in [-0.3, -0.25) is 4.79 Å². The number of nitrogens with zero attached hydrogens (tertiary/aromatic N) is 1. The van der Waals surface area contributed by atoms with Gasteiger partial charge < -0.3 is 15.4 Å². The molecule has 4 nitrogen and oxygen atoms in total. The lowest BCUT2D eigenvalue weighted by atomic mass is 9.97. The molecule has 0 saturated carbocycles. The Morgan fingerprint density at radius 2 is 1.95 bits per heavy atom. The van der Waals surface area contributed by atoms with Crippen molar-refractivity contribution in [3.05, 3.63) is 28.8 Å². The fourth-order valence-corrected chi connectivity index (χ4v) is 2.76. The number of hydrogen-bond donors (Lipinski definition) is 1. The summed E-state index contributed by atoms with van der Waals surface area (Å²) in [6.45, 7) is 5.62. The van der Waals surface area contributed by atoms with Crippen LogP contribution >= 0.6 is 0 Å². The van der Waals surface area contributed by atoms with Crippen LogP contribution in [0.4, 0.5) is 0 Å². The van der Waals surface area contributed by atoms with E-state index in [-0.39, 0.29) is 5.91 Å². The van der Waals surface area contributed by atoms with Crippen LogP contribution in [-0.4, -0.2) is 31.0 Å². The maximum atomic E-state index is 12.4. The van der Waals surface area contributed by atoms with Gasteiger partial charge in [0.15, 0.2) is 0 Å². The van der Waals surface area contributed by atoms with E-state index in [0.29, 0.717) is 5.75 Å². The minimum atomic E-state index is -0.631. The number of likely N-dealkylation sites (tertiary alicyclic amines) is 1. The molecular formula is C15H22N2O2. The summed E-state index contributed by atoms with van der Waals surface area (Å²) < 4.78 is 5.39. The Morgan fingerprint density at radius 3 is 2.53 bits per heavy atom. The molecule has 2 N–H and O–H groups in total. The van der Waals surface area contributed by atoms with Gasteiger partial charge in [-0.25, -0.2) is 0 Å². The number of aryl methyl sites for hydroxylation is 2. The van der Waals surface area contributed by atoms with E-state index >= 15 is 0 Å². The Balaban J connectivity index is 2.32. The predicted molar refractivity (Wildman–Crippen MR) is 75.2 cm³/mol. The molecule has 0 radical (unpaired) electrons. The average Bonchev–Trinajstić information content (AvgIpc) is 2.90. The zero-order valence-electron chi connectivity index (χ0n) is 11.9. The maximum absolute atomic E-state index is 12.4. The highest BCUT2D eigenvalue weighted by Gasteiger charge is 2.28. The normalized spacial score (nSPS) is 16.5. The van der Waals surface area contributed by atoms with E-state index < -0.39 is 6.04 Å². The van der Waals surface area contributed by atoms with Crippen molar-refractivity contribution in [1.29, 1.82) is 0 Å². The summed E-state index contributed by atoms with van der Waals surface area (Å²) in [7, 11) is 1.62. The van der Waals surface area contributed by atoms with Crippen molar-refractivity contribution in [3.63, 3.8) is 0 Å². The summed E-state index contributed by atoms with van der Waals surface area (Å²) in [4.78, 5) is 14.2. The average molecular weight is 262 g/mol. The minimum absolute atomic E-state index is 0.00255. The van der Waals surface area contributed by atoms with E-state index in [4.69, 9.17) is 10.5 Å². The van der Waals surface area contributed by atoms with Crippen LogP contribution in [0.3, 0.4) is 0 Å². The molecule has 1 saturated heterocycles. The van der Waals surface area contributed by atoms with Gasteiger partial charge in [0.2, 0.25) is 5.91 Å². The third-order valence-corrected chi connectivity index (χ3v) is 3.71. The van der Waals surface area contributed by atoms with Crippen LogP contribution in [0.15, 0.2) is 12.1 Å². The van der Waals surface area contributed by atoms with Crippen LogP contribution in [-0.2, 0) is 4.79 Å². The number of ether oxygens (including phenoxy) is 1. The molecule has 104 valence electrons. The van der Waals surface area contributed by atoms with Crippen molar-refractivity contribution in [3.8, 4) is 5.75 Å². The van der Waals surface area contributed by atoms with Crippen molar-refractivity contribution < 1.29 is 9.53 Å². The Morgan fingerprint density at radius 1 is 1.32 bits per heavy atom. The summed E-state index contributed by atoms with van der Waals surface area (Å²) in [5.41, 5.74) is 9.11. The van der Waals surface area contributed by atoms with E-state index in [1.54, 1.807) is 7.11 Å². The molecule has 1 heterocycles. The number of rotatable bonds is 3. The van der Waals surface area contributed by atoms with Gasteiger partial charge in [-0.15, -0.1) is 0 Å². The number of carbonyl (C=O) groups excluding carboxylic acids is 1. The Kier molecular flexibility index (Phi) is 4.10. The highest BCUT2D eigenvalue weighted by molar-refractivity contribution is 5.84. The van der Waals surface area contributed by atoms with Crippen LogP contribution in [0.25, 0.3) is 0 Å². The van der Waals surface area contributed by atoms with E-state index in [1.165, 1.54) is 0 Å². The first-order chi connectivity index (χ1) is 9.04. The lowest BCUT2D eigenvalue weighted by molar-refractivity contribution is -0.131. The summed E-state index contributed by atoms with van der Waals surface area (Å²) in [6.07, 6.45) is 2.14. The Hall–Kier alpha value is -1.55. The lowest BCUT2D eigenvalue weighted by Gasteiger charge is -2.23. The predicted octanol–water partition coefficient (Wildman–Crippen LogP) is 1.93. The van der Waals surface area contributed by atoms with E-state index in [0.717, 1.165) is 42.6 Å². The summed E-state index contributed by atoms with van der Waals surface area (Å²) >= 11 is 0. The minimum Gasteiger partial charge on any atom is -0.496 e. The molecule has 0 aromatic heterocycles. The SMILES string of the molecule is COc1cc(C)cc(C)c1C(N)C(=O)N1CCCC1. The van der Waals surface area contributed by atoms with Gasteiger partial charge >= 0.3 is 0 Å². The van der Waals surface area contributed by atoms with E-state index in [9.17, 15) is 4.79 Å². The molecule has 1 fully saturated rings. The summed E-state index contributed by atoms with van der Waals surface area (Å²) in [6, 6.07) is 3.34. The lowest BCUT2D eigenvalue weighted by Crippen LogP contribution is -2.37. The molecule has 1 aliphatic heterocycles. The fraction of sp³-hybridized carbons (Fsp3) is 0.533. The van der Waals surface area contributed by atoms with Crippen LogP contribution < -0.4 is 10.5 Å². The second-order valence-electron chi connectivity index (χ2n) is 5.21. The van der Waals surface area contributed by atoms with E-state index in [1.807, 2.05) is 30.9 Å². The molecule has 1 atom stereocenters. The van der Waals surface area contributed by atoms with Gasteiger partial charge in [0, 0.05) is 18.7 Å². The van der Waals surface area contributed by atoms with Crippen LogP contribution in [0, 0.1) is 13.8 Å². The quantitative estimate of drug-likeness (QED) is 0.905. The van der Waals surface area contributed by atoms with Gasteiger partial charge in [0.25, 0.3) is 0 Å². The third-order valence-electron chi connectivity index (χ3n) is 3.71. The zero-order chi connectivity index (χ0) is 14.0. The van der Waals surface area contributed by atoms with Crippen LogP contribution in [0.2, 0.25) is 0 Å². The van der Waals surface area contributed by atoms with Gasteiger partial charge in [-0.05, 0) is 43.9 Å². The molecule has 2 rings (SSSR count). The molecule has 1 aliphatic rings. The van der Waals surface area contributed by atoms with E-state index in [2.05, 4.69) is 0 Å². The second kappa shape index (κ2) is 5.61. The largest absolute Gasteiger partial charge is 0.496 e. The topological polar surface area (TPSA) is 55.6 Å². The summed E-state index contributed by atoms with van der Waals surface area (Å²) in [5.74, 6) is 0.709. The summed E-state index contributed by atoms with van der Waals surface area (Å²) in [5, 5.41) is 0. The monoisotopic (exact) mass is 262 g/mol. The number of methoxy groups -OCH3 is 1. The van der Waals surface area contributed by atoms with Gasteiger partial charge in [-0.2, -0.15) is 0 Å². The van der Waals surface area contributed by atoms with Crippen LogP contribution in [0.5, 0.6) is 5.75 Å². The first-order valence-corrected chi connectivity index (χ1v) is 6.74. The second-order valence-corrected chi connectivity index (χ2v) is 5.21. The molecule has 0 bridgehead atoms. The number of benzene rings is 1. The third kappa shape index (κ3) is 2.73. The molecule has 0 aliphatic carbocycles. The molecule has 1 unspecified atom stereocenters. The molecule has 1 aromatic carbocycles. The maximum Gasteiger partial charge on any atom is 0.244 e. The van der Waals surface area contributed by atoms with Crippen LogP contribution in [0.1, 0.15) is 35.6 Å². The Bertz CT molecular complexity index is 479. The van der Waals surface area contributed by atoms with Crippen molar-refractivity contribution in [1.82, 2.24) is 4.90 Å². The first kappa shape index (κ1) is 13.9.